The van der Waals surface area contributed by atoms with E-state index in [1.807, 2.05) is 10.8 Å². The number of sulfonamides is 1. The quantitative estimate of drug-likeness (QED) is 0.415. The fourth-order valence-electron chi connectivity index (χ4n) is 4.01. The van der Waals surface area contributed by atoms with E-state index >= 15 is 4.39 Å². The van der Waals surface area contributed by atoms with Crippen molar-refractivity contribution in [1.29, 1.82) is 5.26 Å². The molecule has 0 bridgehead atoms. The molecule has 3 rings (SSSR count). The Morgan fingerprint density at radius 2 is 2.03 bits per heavy atom. The van der Waals surface area contributed by atoms with Crippen LogP contribution in [0, 0.1) is 17.1 Å². The van der Waals surface area contributed by atoms with E-state index in [2.05, 4.69) is 10.3 Å². The fourth-order valence-corrected chi connectivity index (χ4v) is 6.43. The number of hydrogen-bond acceptors (Lipinski definition) is 9. The van der Waals surface area contributed by atoms with Crippen molar-refractivity contribution in [1.82, 2.24) is 9.71 Å². The van der Waals surface area contributed by atoms with Crippen LogP contribution in [0.1, 0.15) is 79.8 Å². The number of nitriles is 1. The van der Waals surface area contributed by atoms with Crippen molar-refractivity contribution >= 4 is 33.1 Å². The first-order chi connectivity index (χ1) is 16.8. The number of aromatic nitrogens is 1. The maximum absolute atomic E-state index is 15.2. The van der Waals surface area contributed by atoms with Gasteiger partial charge in [-0.25, -0.2) is 27.3 Å². The van der Waals surface area contributed by atoms with Crippen LogP contribution < -0.4 is 10.0 Å². The summed E-state index contributed by atoms with van der Waals surface area (Å²) in [7, 11) is -4.50. The molecule has 1 aromatic heterocycles. The molecule has 36 heavy (non-hydrogen) atoms. The lowest BCUT2D eigenvalue weighted by Crippen LogP contribution is -2.35. The third kappa shape index (κ3) is 5.84. The number of ether oxygens (including phenoxy) is 1. The summed E-state index contributed by atoms with van der Waals surface area (Å²) >= 11 is 0.626. The van der Waals surface area contributed by atoms with E-state index < -0.39 is 44.2 Å². The van der Waals surface area contributed by atoms with E-state index in [0.29, 0.717) is 43.0 Å². The highest BCUT2D eigenvalue weighted by molar-refractivity contribution is 7.92. The summed E-state index contributed by atoms with van der Waals surface area (Å²) in [5.74, 6) is -1.34. The van der Waals surface area contributed by atoms with Crippen LogP contribution >= 0.6 is 11.3 Å². The molecule has 0 radical (unpaired) electrons. The zero-order valence-electron chi connectivity index (χ0n) is 20.4. The first-order valence-electron chi connectivity index (χ1n) is 11.3. The van der Waals surface area contributed by atoms with Crippen LogP contribution in [0.2, 0.25) is 0 Å². The number of nitrogens with zero attached hydrogens (tertiary/aromatic N) is 2. The Morgan fingerprint density at radius 1 is 1.39 bits per heavy atom. The number of carbonyl (C=O) groups is 1. The molecule has 0 atom stereocenters. The summed E-state index contributed by atoms with van der Waals surface area (Å²) in [5.41, 5.74) is -1.09. The Labute approximate surface area is 213 Å². The minimum Gasteiger partial charge on any atom is -0.390 e. The minimum atomic E-state index is -4.50. The van der Waals surface area contributed by atoms with Gasteiger partial charge in [-0.2, -0.15) is 5.26 Å². The summed E-state index contributed by atoms with van der Waals surface area (Å²) in [5, 5.41) is 31.8. The molecule has 1 saturated heterocycles. The second-order valence-electron chi connectivity index (χ2n) is 9.30. The number of anilines is 1. The van der Waals surface area contributed by atoms with Crippen LogP contribution in [0.3, 0.4) is 0 Å². The van der Waals surface area contributed by atoms with Crippen LogP contribution in [-0.4, -0.2) is 42.9 Å². The molecule has 2 aromatic rings. The molecule has 0 saturated carbocycles. The minimum absolute atomic E-state index is 0.0467. The first-order valence-corrected chi connectivity index (χ1v) is 13.6. The standard InChI is InChI=1S/C23H29FN4O6S2/c1-12(2)17-18(24)14(10-25)9-15(13-5-7-34-8-6-13)19(17)27-22(30)28-36(32,33)20-16(11-29)26-21(35-20)23(3,4)31/h9,12-13,29,31H,5-8,11H2,1-4H3,(H2,27,28,30). The van der Waals surface area contributed by atoms with E-state index in [1.165, 1.54) is 19.9 Å². The summed E-state index contributed by atoms with van der Waals surface area (Å²) in [6.45, 7) is 6.42. The largest absolute Gasteiger partial charge is 0.390 e. The number of hydrogen-bond donors (Lipinski definition) is 4. The second-order valence-corrected chi connectivity index (χ2v) is 12.2. The Kier molecular flexibility index (Phi) is 8.37. The van der Waals surface area contributed by atoms with E-state index in [4.69, 9.17) is 4.74 Å². The summed E-state index contributed by atoms with van der Waals surface area (Å²) in [6.07, 6.45) is 1.17. The molecular formula is C23H29FN4O6S2. The molecule has 1 aliphatic heterocycles. The Balaban J connectivity index is 2.01. The average molecular weight is 541 g/mol. The van der Waals surface area contributed by atoms with E-state index in [9.17, 15) is 28.7 Å². The molecule has 2 heterocycles. The lowest BCUT2D eigenvalue weighted by molar-refractivity contribution is 0.0779. The summed E-state index contributed by atoms with van der Waals surface area (Å²) in [4.78, 5) is 16.9. The molecule has 1 aromatic carbocycles. The molecule has 0 unspecified atom stereocenters. The van der Waals surface area contributed by atoms with Crippen LogP contribution in [-0.2, 0) is 27.0 Å². The van der Waals surface area contributed by atoms with Gasteiger partial charge in [0.15, 0.2) is 4.21 Å². The number of aliphatic hydroxyl groups is 2. The van der Waals surface area contributed by atoms with Gasteiger partial charge in [-0.1, -0.05) is 13.8 Å². The number of benzene rings is 1. The van der Waals surface area contributed by atoms with E-state index in [-0.39, 0.29) is 33.4 Å². The maximum atomic E-state index is 15.2. The Hall–Kier alpha value is -2.63. The second kappa shape index (κ2) is 10.8. The normalized spacial score (nSPS) is 15.1. The Bertz CT molecular complexity index is 1290. The summed E-state index contributed by atoms with van der Waals surface area (Å²) < 4.78 is 48.1. The topological polar surface area (TPSA) is 162 Å². The number of thiazole rings is 1. The molecule has 2 amide bonds. The van der Waals surface area contributed by atoms with Gasteiger partial charge in [-0.15, -0.1) is 11.3 Å². The monoisotopic (exact) mass is 540 g/mol. The van der Waals surface area contributed by atoms with Crippen LogP contribution in [0.5, 0.6) is 0 Å². The van der Waals surface area contributed by atoms with Crippen molar-refractivity contribution in [2.45, 2.75) is 68.8 Å². The van der Waals surface area contributed by atoms with Gasteiger partial charge in [-0.3, -0.25) is 0 Å². The zero-order valence-corrected chi connectivity index (χ0v) is 22.0. The van der Waals surface area contributed by atoms with Crippen molar-refractivity contribution in [3.05, 3.63) is 39.3 Å². The lowest BCUT2D eigenvalue weighted by atomic mass is 9.85. The van der Waals surface area contributed by atoms with Gasteiger partial charge < -0.3 is 20.3 Å². The highest BCUT2D eigenvalue weighted by Crippen LogP contribution is 2.40. The highest BCUT2D eigenvalue weighted by Gasteiger charge is 2.32. The number of rotatable bonds is 7. The SMILES string of the molecule is CC(C)c1c(F)c(C#N)cc(C2CCOCC2)c1NC(=O)NS(=O)(=O)c1sc(C(C)(C)O)nc1CO. The van der Waals surface area contributed by atoms with Gasteiger partial charge in [0.2, 0.25) is 0 Å². The molecule has 13 heteroatoms. The van der Waals surface area contributed by atoms with Gasteiger partial charge in [0.25, 0.3) is 10.0 Å². The van der Waals surface area contributed by atoms with Gasteiger partial charge >= 0.3 is 6.03 Å². The van der Waals surface area contributed by atoms with Crippen molar-refractivity contribution in [2.24, 2.45) is 0 Å². The van der Waals surface area contributed by atoms with Crippen molar-refractivity contribution < 1.29 is 32.6 Å². The molecule has 1 fully saturated rings. The van der Waals surface area contributed by atoms with E-state index in [1.54, 1.807) is 13.8 Å². The van der Waals surface area contributed by atoms with Crippen LogP contribution in [0.15, 0.2) is 10.3 Å². The molecule has 0 spiro atoms. The number of halogens is 1. The molecule has 1 aliphatic rings. The number of amides is 2. The predicted octanol–water partition coefficient (Wildman–Crippen LogP) is 3.40. The molecule has 4 N–H and O–H groups in total. The molecule has 196 valence electrons. The zero-order chi connectivity index (χ0) is 26.8. The fraction of sp³-hybridized carbons (Fsp3) is 0.522. The number of urea groups is 1. The predicted molar refractivity (Wildman–Crippen MR) is 131 cm³/mol. The molecular weight excluding hydrogens is 511 g/mol. The van der Waals surface area contributed by atoms with Gasteiger partial charge in [0.1, 0.15) is 22.5 Å². The Morgan fingerprint density at radius 3 is 2.56 bits per heavy atom. The van der Waals surface area contributed by atoms with Crippen molar-refractivity contribution in [2.75, 3.05) is 18.5 Å². The first kappa shape index (κ1) is 27.9. The smallest absolute Gasteiger partial charge is 0.333 e. The number of nitrogens with one attached hydrogen (secondary N) is 2. The summed E-state index contributed by atoms with van der Waals surface area (Å²) in [6, 6.07) is 2.11. The van der Waals surface area contributed by atoms with Gasteiger partial charge in [0.05, 0.1) is 23.6 Å². The third-order valence-corrected chi connectivity index (χ3v) is 9.03. The van der Waals surface area contributed by atoms with Crippen LogP contribution in [0.25, 0.3) is 0 Å². The average Bonchev–Trinajstić information content (AvgIpc) is 3.25. The third-order valence-electron chi connectivity index (χ3n) is 5.73. The van der Waals surface area contributed by atoms with E-state index in [0.717, 1.165) is 0 Å². The number of carbonyl (C=O) groups excluding carboxylic acids is 1. The van der Waals surface area contributed by atoms with Crippen molar-refractivity contribution in [3.63, 3.8) is 0 Å². The van der Waals surface area contributed by atoms with Crippen molar-refractivity contribution in [3.8, 4) is 6.07 Å². The molecule has 0 aliphatic carbocycles. The van der Waals surface area contributed by atoms with Gasteiger partial charge in [-0.05, 0) is 50.2 Å². The molecule has 10 nitrogen and oxygen atoms in total. The van der Waals surface area contributed by atoms with Gasteiger partial charge in [0, 0.05) is 18.8 Å². The maximum Gasteiger partial charge on any atom is 0.333 e. The van der Waals surface area contributed by atoms with Crippen LogP contribution in [0.4, 0.5) is 14.9 Å². The highest BCUT2D eigenvalue weighted by atomic mass is 32.2. The number of aliphatic hydroxyl groups excluding tert-OH is 1. The lowest BCUT2D eigenvalue weighted by Gasteiger charge is -2.27.